The molecule has 0 atom stereocenters. The minimum Gasteiger partial charge on any atom is -0.356 e. The third-order valence-corrected chi connectivity index (χ3v) is 6.30. The van der Waals surface area contributed by atoms with E-state index in [9.17, 15) is 8.42 Å². The molecule has 0 unspecified atom stereocenters. The number of anilines is 1. The van der Waals surface area contributed by atoms with E-state index in [2.05, 4.69) is 14.9 Å². The summed E-state index contributed by atoms with van der Waals surface area (Å²) < 4.78 is 23.3. The lowest BCUT2D eigenvalue weighted by molar-refractivity contribution is 0.532. The summed E-state index contributed by atoms with van der Waals surface area (Å²) in [6, 6.07) is 9.21. The summed E-state index contributed by atoms with van der Waals surface area (Å²) >= 11 is 12.0. The molecule has 1 aromatic carbocycles. The molecule has 0 amide bonds. The Bertz CT molecular complexity index is 833. The Labute approximate surface area is 151 Å². The van der Waals surface area contributed by atoms with Gasteiger partial charge in [-0.1, -0.05) is 23.7 Å². The van der Waals surface area contributed by atoms with Gasteiger partial charge in [-0.15, -0.1) is 0 Å². The highest BCUT2D eigenvalue weighted by molar-refractivity contribution is 7.91. The second-order valence-corrected chi connectivity index (χ2v) is 9.00. The van der Waals surface area contributed by atoms with Crippen molar-refractivity contribution >= 4 is 38.9 Å². The maximum absolute atomic E-state index is 11.7. The van der Waals surface area contributed by atoms with Crippen LogP contribution in [0.3, 0.4) is 0 Å². The van der Waals surface area contributed by atoms with Crippen LogP contribution in [0.15, 0.2) is 30.3 Å². The highest BCUT2D eigenvalue weighted by Gasteiger charge is 2.27. The molecule has 1 saturated heterocycles. The fourth-order valence-corrected chi connectivity index (χ4v) is 4.22. The maximum Gasteiger partial charge on any atom is 0.224 e. The quantitative estimate of drug-likeness (QED) is 0.756. The predicted octanol–water partition coefficient (Wildman–Crippen LogP) is 3.46. The fraction of sp³-hybridized carbons (Fsp3) is 0.375. The largest absolute Gasteiger partial charge is 0.356 e. The normalized spacial score (nSPS) is 16.4. The number of sulfone groups is 1. The standard InChI is InChI=1S/C16H17Cl2N3O2S/c1-24(22,23)13-6-8-21(9-7-13)15-10-14(19-16(18)20-15)11-2-4-12(17)5-3-11/h2-5,10,13H,6-9H2,1H3. The molecule has 0 radical (unpaired) electrons. The summed E-state index contributed by atoms with van der Waals surface area (Å²) in [5.41, 5.74) is 1.61. The van der Waals surface area contributed by atoms with Crippen molar-refractivity contribution in [2.75, 3.05) is 24.2 Å². The zero-order valence-electron chi connectivity index (χ0n) is 13.1. The molecule has 0 spiro atoms. The van der Waals surface area contributed by atoms with Crippen LogP contribution in [0.5, 0.6) is 0 Å². The molecule has 0 N–H and O–H groups in total. The Morgan fingerprint density at radius 1 is 1.08 bits per heavy atom. The smallest absolute Gasteiger partial charge is 0.224 e. The van der Waals surface area contributed by atoms with Gasteiger partial charge in [0.1, 0.15) is 15.7 Å². The number of hydrogen-bond acceptors (Lipinski definition) is 5. The Morgan fingerprint density at radius 3 is 2.29 bits per heavy atom. The Morgan fingerprint density at radius 2 is 1.71 bits per heavy atom. The highest BCUT2D eigenvalue weighted by Crippen LogP contribution is 2.27. The lowest BCUT2D eigenvalue weighted by Crippen LogP contribution is -2.39. The number of benzene rings is 1. The van der Waals surface area contributed by atoms with E-state index < -0.39 is 9.84 Å². The summed E-state index contributed by atoms with van der Waals surface area (Å²) in [6.45, 7) is 1.26. The lowest BCUT2D eigenvalue weighted by atomic mass is 10.1. The first-order chi connectivity index (χ1) is 11.3. The van der Waals surface area contributed by atoms with Gasteiger partial charge in [-0.3, -0.25) is 0 Å². The van der Waals surface area contributed by atoms with Gasteiger partial charge >= 0.3 is 0 Å². The van der Waals surface area contributed by atoms with Crippen LogP contribution in [0, 0.1) is 0 Å². The van der Waals surface area contributed by atoms with Crippen molar-refractivity contribution in [1.29, 1.82) is 0 Å². The van der Waals surface area contributed by atoms with Crippen LogP contribution in [0.1, 0.15) is 12.8 Å². The summed E-state index contributed by atoms with van der Waals surface area (Å²) in [4.78, 5) is 10.6. The molecule has 0 bridgehead atoms. The van der Waals surface area contributed by atoms with Crippen molar-refractivity contribution in [3.8, 4) is 11.3 Å². The summed E-state index contributed by atoms with van der Waals surface area (Å²) in [5, 5.41) is 0.548. The average Bonchev–Trinajstić information content (AvgIpc) is 2.54. The lowest BCUT2D eigenvalue weighted by Gasteiger charge is -2.32. The van der Waals surface area contributed by atoms with E-state index in [1.54, 1.807) is 12.1 Å². The van der Waals surface area contributed by atoms with Gasteiger partial charge in [0.05, 0.1) is 10.9 Å². The first-order valence-electron chi connectivity index (χ1n) is 7.57. The van der Waals surface area contributed by atoms with Gasteiger partial charge in [-0.05, 0) is 36.6 Å². The molecule has 1 aliphatic rings. The van der Waals surface area contributed by atoms with Gasteiger partial charge in [-0.25, -0.2) is 18.4 Å². The van der Waals surface area contributed by atoms with Crippen molar-refractivity contribution in [2.45, 2.75) is 18.1 Å². The van der Waals surface area contributed by atoms with Crippen LogP contribution >= 0.6 is 23.2 Å². The number of aromatic nitrogens is 2. The monoisotopic (exact) mass is 385 g/mol. The SMILES string of the molecule is CS(=O)(=O)C1CCN(c2cc(-c3ccc(Cl)cc3)nc(Cl)n2)CC1. The predicted molar refractivity (Wildman–Crippen MR) is 97.6 cm³/mol. The molecule has 0 saturated carbocycles. The zero-order valence-corrected chi connectivity index (χ0v) is 15.4. The second-order valence-electron chi connectivity index (χ2n) is 5.90. The number of halogens is 2. The van der Waals surface area contributed by atoms with Crippen LogP contribution in [-0.4, -0.2) is 43.0 Å². The number of nitrogens with zero attached hydrogens (tertiary/aromatic N) is 3. The minimum absolute atomic E-state index is 0.169. The molecule has 1 aromatic heterocycles. The van der Waals surface area contributed by atoms with E-state index in [0.29, 0.717) is 42.5 Å². The van der Waals surface area contributed by atoms with E-state index in [0.717, 1.165) is 5.56 Å². The van der Waals surface area contributed by atoms with Crippen molar-refractivity contribution in [3.05, 3.63) is 40.6 Å². The maximum atomic E-state index is 11.7. The third-order valence-electron chi connectivity index (χ3n) is 4.20. The number of rotatable bonds is 3. The number of piperidine rings is 1. The molecule has 1 fully saturated rings. The summed E-state index contributed by atoms with van der Waals surface area (Å²) in [7, 11) is -2.99. The van der Waals surface area contributed by atoms with Gasteiger partial charge in [0.2, 0.25) is 5.28 Å². The summed E-state index contributed by atoms with van der Waals surface area (Å²) in [5.74, 6) is 0.715. The molecule has 5 nitrogen and oxygen atoms in total. The average molecular weight is 386 g/mol. The van der Waals surface area contributed by atoms with E-state index >= 15 is 0 Å². The summed E-state index contributed by atoms with van der Waals surface area (Å²) in [6.07, 6.45) is 2.49. The Hall–Kier alpha value is -1.37. The van der Waals surface area contributed by atoms with Crippen molar-refractivity contribution < 1.29 is 8.42 Å². The van der Waals surface area contributed by atoms with Crippen LogP contribution in [0.25, 0.3) is 11.3 Å². The van der Waals surface area contributed by atoms with Gasteiger partial charge in [0, 0.05) is 36.0 Å². The van der Waals surface area contributed by atoms with Crippen LogP contribution in [-0.2, 0) is 9.84 Å². The van der Waals surface area contributed by atoms with Gasteiger partial charge < -0.3 is 4.90 Å². The molecule has 128 valence electrons. The molecule has 2 heterocycles. The second kappa shape index (κ2) is 6.86. The van der Waals surface area contributed by atoms with Crippen molar-refractivity contribution in [3.63, 3.8) is 0 Å². The van der Waals surface area contributed by atoms with E-state index in [-0.39, 0.29) is 10.5 Å². The Balaban J connectivity index is 1.83. The van der Waals surface area contributed by atoms with E-state index in [1.165, 1.54) is 6.26 Å². The van der Waals surface area contributed by atoms with Crippen LogP contribution in [0.4, 0.5) is 5.82 Å². The van der Waals surface area contributed by atoms with Crippen LogP contribution < -0.4 is 4.90 Å². The molecule has 2 aromatic rings. The Kier molecular flexibility index (Phi) is 4.99. The van der Waals surface area contributed by atoms with E-state index in [1.807, 2.05) is 18.2 Å². The van der Waals surface area contributed by atoms with Gasteiger partial charge in [0.25, 0.3) is 0 Å². The zero-order chi connectivity index (χ0) is 17.3. The van der Waals surface area contributed by atoms with Crippen LogP contribution in [0.2, 0.25) is 10.3 Å². The molecular weight excluding hydrogens is 369 g/mol. The first kappa shape index (κ1) is 17.5. The van der Waals surface area contributed by atoms with Crippen molar-refractivity contribution in [2.24, 2.45) is 0 Å². The topological polar surface area (TPSA) is 63.2 Å². The minimum atomic E-state index is -2.99. The molecule has 3 rings (SSSR count). The first-order valence-corrected chi connectivity index (χ1v) is 10.3. The van der Waals surface area contributed by atoms with Gasteiger partial charge in [-0.2, -0.15) is 0 Å². The third kappa shape index (κ3) is 3.99. The van der Waals surface area contributed by atoms with E-state index in [4.69, 9.17) is 23.2 Å². The molecular formula is C16H17Cl2N3O2S. The fourth-order valence-electron chi connectivity index (χ4n) is 2.85. The highest BCUT2D eigenvalue weighted by atomic mass is 35.5. The number of hydrogen-bond donors (Lipinski definition) is 0. The molecule has 0 aliphatic carbocycles. The molecule has 8 heteroatoms. The van der Waals surface area contributed by atoms with Gasteiger partial charge in [0.15, 0.2) is 0 Å². The molecule has 1 aliphatic heterocycles. The van der Waals surface area contributed by atoms with Crippen molar-refractivity contribution in [1.82, 2.24) is 9.97 Å². The molecule has 24 heavy (non-hydrogen) atoms.